The second kappa shape index (κ2) is 4.72. The molecule has 0 aromatic carbocycles. The van der Waals surface area contributed by atoms with E-state index >= 15 is 0 Å². The first-order valence-electron chi connectivity index (χ1n) is 4.44. The number of piperidine rings is 1. The van der Waals surface area contributed by atoms with Crippen molar-refractivity contribution in [3.8, 4) is 0 Å². The molecule has 1 atom stereocenters. The zero-order valence-corrected chi connectivity index (χ0v) is 8.51. The van der Waals surface area contributed by atoms with Gasteiger partial charge in [0.1, 0.15) is 6.04 Å². The van der Waals surface area contributed by atoms with Crippen LogP contribution in [0.4, 0.5) is 0 Å². The van der Waals surface area contributed by atoms with Crippen molar-refractivity contribution in [3.05, 3.63) is 0 Å². The highest BCUT2D eigenvalue weighted by Gasteiger charge is 2.26. The summed E-state index contributed by atoms with van der Waals surface area (Å²) in [4.78, 5) is 11.2. The molecule has 14 heavy (non-hydrogen) atoms. The average Bonchev–Trinajstić information content (AvgIpc) is 2.08. The van der Waals surface area contributed by atoms with Crippen molar-refractivity contribution in [1.82, 2.24) is 10.0 Å². The smallest absolute Gasteiger partial charge is 0.238 e. The Kier molecular flexibility index (Phi) is 3.85. The first-order valence-corrected chi connectivity index (χ1v) is 6.09. The summed E-state index contributed by atoms with van der Waals surface area (Å²) in [7, 11) is -3.53. The van der Waals surface area contributed by atoms with E-state index in [4.69, 9.17) is 5.11 Å². The molecule has 1 fully saturated rings. The van der Waals surface area contributed by atoms with E-state index in [-0.39, 0.29) is 11.7 Å². The Balaban J connectivity index is 2.54. The minimum Gasteiger partial charge on any atom is -0.395 e. The highest BCUT2D eigenvalue weighted by Crippen LogP contribution is 2.04. The third-order valence-electron chi connectivity index (χ3n) is 1.97. The summed E-state index contributed by atoms with van der Waals surface area (Å²) in [6.07, 6.45) is 1.27. The predicted molar refractivity (Wildman–Crippen MR) is 50.0 cm³/mol. The highest BCUT2D eigenvalue weighted by molar-refractivity contribution is 7.89. The van der Waals surface area contributed by atoms with Crippen LogP contribution in [0.25, 0.3) is 0 Å². The molecule has 1 heterocycles. The van der Waals surface area contributed by atoms with E-state index in [2.05, 4.69) is 10.0 Å². The summed E-state index contributed by atoms with van der Waals surface area (Å²) in [6, 6.07) is -0.680. The SMILES string of the molecule is O=C1NCCCC1NS(=O)(=O)CCO. The predicted octanol–water partition coefficient (Wildman–Crippen LogP) is -1.82. The number of rotatable bonds is 4. The molecule has 1 aliphatic rings. The fraction of sp³-hybridized carbons (Fsp3) is 0.857. The number of carbonyl (C=O) groups is 1. The third kappa shape index (κ3) is 3.24. The lowest BCUT2D eigenvalue weighted by atomic mass is 10.1. The third-order valence-corrected chi connectivity index (χ3v) is 3.33. The van der Waals surface area contributed by atoms with Gasteiger partial charge in [0.25, 0.3) is 0 Å². The van der Waals surface area contributed by atoms with Gasteiger partial charge >= 0.3 is 0 Å². The summed E-state index contributed by atoms with van der Waals surface area (Å²) in [5.74, 6) is -0.658. The summed E-state index contributed by atoms with van der Waals surface area (Å²) < 4.78 is 24.6. The highest BCUT2D eigenvalue weighted by atomic mass is 32.2. The van der Waals surface area contributed by atoms with E-state index < -0.39 is 22.7 Å². The van der Waals surface area contributed by atoms with E-state index in [1.165, 1.54) is 0 Å². The standard InChI is InChI=1S/C7H14N2O4S/c10-4-5-14(12,13)9-6-2-1-3-8-7(6)11/h6,9-10H,1-5H2,(H,8,11). The van der Waals surface area contributed by atoms with Crippen LogP contribution in [0.5, 0.6) is 0 Å². The molecule has 7 heteroatoms. The molecule has 1 saturated heterocycles. The van der Waals surface area contributed by atoms with Crippen molar-refractivity contribution >= 4 is 15.9 Å². The van der Waals surface area contributed by atoms with Gasteiger partial charge in [-0.3, -0.25) is 4.79 Å². The van der Waals surface area contributed by atoms with Crippen LogP contribution in [0, 0.1) is 0 Å². The van der Waals surface area contributed by atoms with Crippen LogP contribution < -0.4 is 10.0 Å². The van der Waals surface area contributed by atoms with Gasteiger partial charge < -0.3 is 10.4 Å². The van der Waals surface area contributed by atoms with E-state index in [1.54, 1.807) is 0 Å². The quantitative estimate of drug-likeness (QED) is 0.521. The number of aliphatic hydroxyl groups excluding tert-OH is 1. The maximum atomic E-state index is 11.2. The molecule has 1 unspecified atom stereocenters. The van der Waals surface area contributed by atoms with Crippen LogP contribution in [0.15, 0.2) is 0 Å². The van der Waals surface area contributed by atoms with Crippen LogP contribution in [0.2, 0.25) is 0 Å². The van der Waals surface area contributed by atoms with Gasteiger partial charge in [0.05, 0.1) is 12.4 Å². The van der Waals surface area contributed by atoms with Gasteiger partial charge in [0.15, 0.2) is 0 Å². The molecule has 0 aromatic rings. The summed E-state index contributed by atoms with van der Waals surface area (Å²) in [5, 5.41) is 11.0. The summed E-state index contributed by atoms with van der Waals surface area (Å²) in [6.45, 7) is 0.154. The van der Waals surface area contributed by atoms with E-state index in [0.29, 0.717) is 13.0 Å². The fourth-order valence-electron chi connectivity index (χ4n) is 1.28. The van der Waals surface area contributed by atoms with Gasteiger partial charge in [-0.1, -0.05) is 0 Å². The van der Waals surface area contributed by atoms with Gasteiger partial charge in [0, 0.05) is 6.54 Å². The lowest BCUT2D eigenvalue weighted by Crippen LogP contribution is -2.50. The topological polar surface area (TPSA) is 95.5 Å². The van der Waals surface area contributed by atoms with Crippen LogP contribution in [-0.2, 0) is 14.8 Å². The van der Waals surface area contributed by atoms with Crippen molar-refractivity contribution in [3.63, 3.8) is 0 Å². The zero-order valence-electron chi connectivity index (χ0n) is 7.69. The first kappa shape index (κ1) is 11.4. The second-order valence-electron chi connectivity index (χ2n) is 3.15. The Bertz CT molecular complexity index is 301. The van der Waals surface area contributed by atoms with Crippen LogP contribution in [0.1, 0.15) is 12.8 Å². The molecule has 6 nitrogen and oxygen atoms in total. The van der Waals surface area contributed by atoms with Gasteiger partial charge in [-0.15, -0.1) is 0 Å². The van der Waals surface area contributed by atoms with Crippen molar-refractivity contribution in [2.45, 2.75) is 18.9 Å². The zero-order chi connectivity index (χ0) is 10.6. The summed E-state index contributed by atoms with van der Waals surface area (Å²) in [5.41, 5.74) is 0. The molecular formula is C7H14N2O4S. The number of sulfonamides is 1. The average molecular weight is 222 g/mol. The monoisotopic (exact) mass is 222 g/mol. The van der Waals surface area contributed by atoms with Crippen molar-refractivity contribution in [2.75, 3.05) is 18.9 Å². The fourth-order valence-corrected chi connectivity index (χ4v) is 2.30. The lowest BCUT2D eigenvalue weighted by Gasteiger charge is -2.22. The molecule has 3 N–H and O–H groups in total. The molecule has 1 amide bonds. The minimum atomic E-state index is -3.53. The van der Waals surface area contributed by atoms with Crippen molar-refractivity contribution < 1.29 is 18.3 Å². The Morgan fingerprint density at radius 1 is 1.57 bits per heavy atom. The number of aliphatic hydroxyl groups is 1. The largest absolute Gasteiger partial charge is 0.395 e. The van der Waals surface area contributed by atoms with Gasteiger partial charge in [-0.05, 0) is 12.8 Å². The second-order valence-corrected chi connectivity index (χ2v) is 5.02. The van der Waals surface area contributed by atoms with Gasteiger partial charge in [-0.25, -0.2) is 13.1 Å². The number of nitrogens with one attached hydrogen (secondary N) is 2. The molecule has 1 rings (SSSR count). The van der Waals surface area contributed by atoms with Crippen LogP contribution in [0.3, 0.4) is 0 Å². The number of hydrogen-bond donors (Lipinski definition) is 3. The minimum absolute atomic E-state index is 0.294. The Labute approximate surface area is 82.7 Å². The Hall–Kier alpha value is -0.660. The molecule has 0 aliphatic carbocycles. The number of amides is 1. The maximum absolute atomic E-state index is 11.2. The molecular weight excluding hydrogens is 208 g/mol. The molecule has 0 spiro atoms. The van der Waals surface area contributed by atoms with E-state index in [0.717, 1.165) is 6.42 Å². The molecule has 0 aromatic heterocycles. The van der Waals surface area contributed by atoms with Crippen LogP contribution in [-0.4, -0.2) is 44.4 Å². The number of carbonyl (C=O) groups excluding carboxylic acids is 1. The first-order chi connectivity index (χ1) is 6.55. The normalized spacial score (nSPS) is 23.2. The van der Waals surface area contributed by atoms with Gasteiger partial charge in [0.2, 0.25) is 15.9 Å². The van der Waals surface area contributed by atoms with Crippen LogP contribution >= 0.6 is 0 Å². The molecule has 0 bridgehead atoms. The number of hydrogen-bond acceptors (Lipinski definition) is 4. The molecule has 0 radical (unpaired) electrons. The van der Waals surface area contributed by atoms with Gasteiger partial charge in [-0.2, -0.15) is 0 Å². The van der Waals surface area contributed by atoms with E-state index in [1.807, 2.05) is 0 Å². The maximum Gasteiger partial charge on any atom is 0.238 e. The molecule has 1 aliphatic heterocycles. The van der Waals surface area contributed by atoms with Crippen molar-refractivity contribution in [1.29, 1.82) is 0 Å². The lowest BCUT2D eigenvalue weighted by molar-refractivity contribution is -0.124. The molecule has 82 valence electrons. The van der Waals surface area contributed by atoms with E-state index in [9.17, 15) is 13.2 Å². The Morgan fingerprint density at radius 2 is 2.29 bits per heavy atom. The van der Waals surface area contributed by atoms with Crippen molar-refractivity contribution in [2.24, 2.45) is 0 Å². The summed E-state index contributed by atoms with van der Waals surface area (Å²) >= 11 is 0. The Morgan fingerprint density at radius 3 is 2.86 bits per heavy atom. The molecule has 0 saturated carbocycles.